The Hall–Kier alpha value is -2.21. The van der Waals surface area contributed by atoms with Crippen molar-refractivity contribution in [3.63, 3.8) is 0 Å². The van der Waals surface area contributed by atoms with Crippen molar-refractivity contribution in [1.82, 2.24) is 19.7 Å². The van der Waals surface area contributed by atoms with Gasteiger partial charge < -0.3 is 5.32 Å². The summed E-state index contributed by atoms with van der Waals surface area (Å²) in [6, 6.07) is 7.99. The lowest BCUT2D eigenvalue weighted by Crippen LogP contribution is -2.39. The number of likely N-dealkylation sites (tertiary alicyclic amines) is 1. The number of aromatic nitrogens is 3. The topological polar surface area (TPSA) is 63.1 Å². The molecule has 0 aromatic carbocycles. The smallest absolute Gasteiger partial charge is 0.239 e. The molecule has 6 heteroatoms. The van der Waals surface area contributed by atoms with Gasteiger partial charge in [-0.1, -0.05) is 12.5 Å². The van der Waals surface area contributed by atoms with Gasteiger partial charge in [0.2, 0.25) is 5.91 Å². The molecule has 0 saturated carbocycles. The fourth-order valence-electron chi connectivity index (χ4n) is 2.94. The van der Waals surface area contributed by atoms with Crippen LogP contribution in [0.2, 0.25) is 0 Å². The third-order valence-corrected chi connectivity index (χ3v) is 3.97. The number of pyridine rings is 1. The number of aryl methyl sites for hydroxylation is 1. The second kappa shape index (κ2) is 6.70. The minimum Gasteiger partial charge on any atom is -0.308 e. The number of amides is 1. The number of rotatable bonds is 4. The molecule has 0 aliphatic carbocycles. The van der Waals surface area contributed by atoms with Gasteiger partial charge in [0.25, 0.3) is 0 Å². The van der Waals surface area contributed by atoms with Crippen LogP contribution in [0.3, 0.4) is 0 Å². The Morgan fingerprint density at radius 1 is 1.36 bits per heavy atom. The average molecular weight is 299 g/mol. The summed E-state index contributed by atoms with van der Waals surface area (Å²) in [5, 5.41) is 7.02. The molecule has 1 unspecified atom stereocenters. The standard InChI is InChI=1S/C16H21N5O/c1-20-11-8-15(19-20)18-16(22)12-21-10-5-3-7-14(21)13-6-2-4-9-17-13/h2,4,6,8-9,11,14H,3,5,7,10,12H2,1H3,(H,18,19,22). The van der Waals surface area contributed by atoms with Gasteiger partial charge in [-0.05, 0) is 31.5 Å². The first-order valence-corrected chi connectivity index (χ1v) is 7.67. The summed E-state index contributed by atoms with van der Waals surface area (Å²) in [6.07, 6.45) is 6.98. The van der Waals surface area contributed by atoms with Crippen molar-refractivity contribution in [3.05, 3.63) is 42.4 Å². The van der Waals surface area contributed by atoms with Gasteiger partial charge in [0.15, 0.2) is 5.82 Å². The van der Waals surface area contributed by atoms with Gasteiger partial charge in [0.1, 0.15) is 0 Å². The normalized spacial score (nSPS) is 19.0. The minimum atomic E-state index is -0.0264. The van der Waals surface area contributed by atoms with Gasteiger partial charge in [-0.15, -0.1) is 0 Å². The van der Waals surface area contributed by atoms with Crippen LogP contribution in [0, 0.1) is 0 Å². The van der Waals surface area contributed by atoms with Crippen LogP contribution < -0.4 is 5.32 Å². The molecular weight excluding hydrogens is 278 g/mol. The summed E-state index contributed by atoms with van der Waals surface area (Å²) in [4.78, 5) is 18.9. The average Bonchev–Trinajstić information content (AvgIpc) is 2.93. The van der Waals surface area contributed by atoms with Gasteiger partial charge in [0.05, 0.1) is 18.3 Å². The molecule has 1 atom stereocenters. The van der Waals surface area contributed by atoms with E-state index in [-0.39, 0.29) is 11.9 Å². The highest BCUT2D eigenvalue weighted by molar-refractivity contribution is 5.91. The van der Waals surface area contributed by atoms with Crippen molar-refractivity contribution in [1.29, 1.82) is 0 Å². The van der Waals surface area contributed by atoms with Crippen LogP contribution in [-0.2, 0) is 11.8 Å². The molecule has 6 nitrogen and oxygen atoms in total. The molecule has 3 rings (SSSR count). The van der Waals surface area contributed by atoms with Gasteiger partial charge in [-0.25, -0.2) is 0 Å². The van der Waals surface area contributed by atoms with Crippen LogP contribution in [-0.4, -0.2) is 38.7 Å². The maximum atomic E-state index is 12.2. The SMILES string of the molecule is Cn1ccc(NC(=O)CN2CCCCC2c2ccccn2)n1. The number of hydrogen-bond acceptors (Lipinski definition) is 4. The Labute approximate surface area is 130 Å². The van der Waals surface area contributed by atoms with Crippen LogP contribution in [0.25, 0.3) is 0 Å². The molecule has 1 aliphatic rings. The van der Waals surface area contributed by atoms with Gasteiger partial charge in [-0.3, -0.25) is 19.4 Å². The zero-order chi connectivity index (χ0) is 15.4. The molecule has 1 amide bonds. The largest absolute Gasteiger partial charge is 0.308 e. The molecular formula is C16H21N5O. The molecule has 1 aliphatic heterocycles. The lowest BCUT2D eigenvalue weighted by molar-refractivity contribution is -0.118. The van der Waals surface area contributed by atoms with Crippen LogP contribution >= 0.6 is 0 Å². The van der Waals surface area contributed by atoms with E-state index in [0.29, 0.717) is 12.4 Å². The van der Waals surface area contributed by atoms with Gasteiger partial charge in [-0.2, -0.15) is 5.10 Å². The Balaban J connectivity index is 1.65. The van der Waals surface area contributed by atoms with Crippen molar-refractivity contribution < 1.29 is 4.79 Å². The number of piperidine rings is 1. The summed E-state index contributed by atoms with van der Waals surface area (Å²) < 4.78 is 1.67. The van der Waals surface area contributed by atoms with E-state index in [1.807, 2.05) is 37.6 Å². The summed E-state index contributed by atoms with van der Waals surface area (Å²) >= 11 is 0. The van der Waals surface area contributed by atoms with E-state index in [1.165, 1.54) is 6.42 Å². The molecule has 0 radical (unpaired) electrons. The first-order valence-electron chi connectivity index (χ1n) is 7.67. The first kappa shape index (κ1) is 14.7. The number of hydrogen-bond donors (Lipinski definition) is 1. The lowest BCUT2D eigenvalue weighted by Gasteiger charge is -2.34. The summed E-state index contributed by atoms with van der Waals surface area (Å²) in [5.41, 5.74) is 1.05. The molecule has 2 aromatic heterocycles. The number of anilines is 1. The van der Waals surface area contributed by atoms with Gasteiger partial charge in [0, 0.05) is 25.5 Å². The molecule has 2 aromatic rings. The quantitative estimate of drug-likeness (QED) is 0.937. The van der Waals surface area contributed by atoms with Crippen molar-refractivity contribution in [3.8, 4) is 0 Å². The van der Waals surface area contributed by atoms with Crippen molar-refractivity contribution in [2.75, 3.05) is 18.4 Å². The zero-order valence-corrected chi connectivity index (χ0v) is 12.8. The summed E-state index contributed by atoms with van der Waals surface area (Å²) in [7, 11) is 1.83. The van der Waals surface area contributed by atoms with E-state index in [1.54, 1.807) is 10.7 Å². The van der Waals surface area contributed by atoms with E-state index in [2.05, 4.69) is 20.3 Å². The molecule has 0 bridgehead atoms. The molecule has 116 valence electrons. The number of carbonyl (C=O) groups is 1. The second-order valence-electron chi connectivity index (χ2n) is 5.66. The first-order chi connectivity index (χ1) is 10.7. The molecule has 1 saturated heterocycles. The van der Waals surface area contributed by atoms with Crippen LogP contribution in [0.1, 0.15) is 31.0 Å². The third kappa shape index (κ3) is 3.51. The monoisotopic (exact) mass is 299 g/mol. The summed E-state index contributed by atoms with van der Waals surface area (Å²) in [6.45, 7) is 1.30. The molecule has 1 fully saturated rings. The van der Waals surface area contributed by atoms with Crippen molar-refractivity contribution in [2.45, 2.75) is 25.3 Å². The highest BCUT2D eigenvalue weighted by Gasteiger charge is 2.26. The second-order valence-corrected chi connectivity index (χ2v) is 5.66. The van der Waals surface area contributed by atoms with E-state index in [4.69, 9.17) is 0 Å². The number of nitrogens with zero attached hydrogens (tertiary/aromatic N) is 4. The van der Waals surface area contributed by atoms with E-state index in [9.17, 15) is 4.79 Å². The Kier molecular flexibility index (Phi) is 4.48. The number of nitrogens with one attached hydrogen (secondary N) is 1. The highest BCUT2D eigenvalue weighted by Crippen LogP contribution is 2.29. The molecule has 22 heavy (non-hydrogen) atoms. The highest BCUT2D eigenvalue weighted by atomic mass is 16.2. The Morgan fingerprint density at radius 3 is 3.00 bits per heavy atom. The third-order valence-electron chi connectivity index (χ3n) is 3.97. The fourth-order valence-corrected chi connectivity index (χ4v) is 2.94. The van der Waals surface area contributed by atoms with Crippen molar-refractivity contribution in [2.24, 2.45) is 7.05 Å². The van der Waals surface area contributed by atoms with Gasteiger partial charge >= 0.3 is 0 Å². The summed E-state index contributed by atoms with van der Waals surface area (Å²) in [5.74, 6) is 0.570. The molecule has 1 N–H and O–H groups in total. The maximum Gasteiger partial charge on any atom is 0.239 e. The van der Waals surface area contributed by atoms with E-state index < -0.39 is 0 Å². The minimum absolute atomic E-state index is 0.0264. The number of carbonyl (C=O) groups excluding carboxylic acids is 1. The van der Waals surface area contributed by atoms with E-state index >= 15 is 0 Å². The predicted octanol–water partition coefficient (Wildman–Crippen LogP) is 1.98. The van der Waals surface area contributed by atoms with Crippen LogP contribution in [0.4, 0.5) is 5.82 Å². The molecule has 3 heterocycles. The van der Waals surface area contributed by atoms with Crippen LogP contribution in [0.15, 0.2) is 36.7 Å². The Bertz CT molecular complexity index is 624. The maximum absolute atomic E-state index is 12.2. The predicted molar refractivity (Wildman–Crippen MR) is 84.2 cm³/mol. The zero-order valence-electron chi connectivity index (χ0n) is 12.8. The van der Waals surface area contributed by atoms with Crippen molar-refractivity contribution >= 4 is 11.7 Å². The fraction of sp³-hybridized carbons (Fsp3) is 0.438. The van der Waals surface area contributed by atoms with E-state index in [0.717, 1.165) is 25.1 Å². The molecule has 0 spiro atoms. The Morgan fingerprint density at radius 2 is 2.27 bits per heavy atom. The lowest BCUT2D eigenvalue weighted by atomic mass is 9.99. The van der Waals surface area contributed by atoms with Crippen LogP contribution in [0.5, 0.6) is 0 Å².